The molecule has 0 fully saturated rings. The highest BCUT2D eigenvalue weighted by atomic mass is 19.4. The first kappa shape index (κ1) is 13.5. The molecule has 0 amide bonds. The summed E-state index contributed by atoms with van der Waals surface area (Å²) in [7, 11) is 1.32. The number of Topliss-reactive ketones (excluding diaryl/α,β-unsaturated/α-hetero) is 1. The van der Waals surface area contributed by atoms with E-state index in [1.165, 1.54) is 13.2 Å². The number of hydrogen-bond acceptors (Lipinski definition) is 2. The van der Waals surface area contributed by atoms with Crippen molar-refractivity contribution >= 4 is 5.78 Å². The van der Waals surface area contributed by atoms with Crippen LogP contribution in [0.1, 0.15) is 29.8 Å². The van der Waals surface area contributed by atoms with E-state index in [4.69, 9.17) is 4.74 Å². The molecular weight excluding hydrogens is 233 g/mol. The summed E-state index contributed by atoms with van der Waals surface area (Å²) >= 11 is 0. The molecule has 0 unspecified atom stereocenters. The monoisotopic (exact) mass is 246 g/mol. The Balaban J connectivity index is 3.30. The highest BCUT2D eigenvalue weighted by molar-refractivity contribution is 6.00. The molecular formula is C12H13F3O2. The van der Waals surface area contributed by atoms with Gasteiger partial charge in [-0.1, -0.05) is 13.8 Å². The molecule has 0 atom stereocenters. The van der Waals surface area contributed by atoms with E-state index in [0.717, 1.165) is 12.1 Å². The number of hydrogen-bond donors (Lipinski definition) is 0. The predicted molar refractivity (Wildman–Crippen MR) is 57.2 cm³/mol. The fourth-order valence-corrected chi connectivity index (χ4v) is 1.39. The molecule has 5 heteroatoms. The van der Waals surface area contributed by atoms with E-state index in [1.54, 1.807) is 13.8 Å². The number of rotatable bonds is 3. The molecule has 17 heavy (non-hydrogen) atoms. The number of ether oxygens (including phenoxy) is 1. The minimum absolute atomic E-state index is 0.0303. The van der Waals surface area contributed by atoms with Crippen LogP contribution in [0, 0.1) is 5.92 Å². The third-order valence-electron chi connectivity index (χ3n) is 2.32. The maximum Gasteiger partial charge on any atom is 0.416 e. The van der Waals surface area contributed by atoms with Crippen molar-refractivity contribution < 1.29 is 22.7 Å². The van der Waals surface area contributed by atoms with Crippen molar-refractivity contribution in [3.63, 3.8) is 0 Å². The number of alkyl halides is 3. The molecule has 0 spiro atoms. The molecule has 2 nitrogen and oxygen atoms in total. The van der Waals surface area contributed by atoms with Crippen molar-refractivity contribution in [2.45, 2.75) is 20.0 Å². The van der Waals surface area contributed by atoms with Crippen molar-refractivity contribution in [2.75, 3.05) is 7.11 Å². The van der Waals surface area contributed by atoms with Crippen molar-refractivity contribution in [1.29, 1.82) is 0 Å². The van der Waals surface area contributed by atoms with E-state index in [0.29, 0.717) is 0 Å². The van der Waals surface area contributed by atoms with Crippen molar-refractivity contribution in [2.24, 2.45) is 5.92 Å². The Morgan fingerprint density at radius 2 is 1.88 bits per heavy atom. The molecule has 0 saturated carbocycles. The fourth-order valence-electron chi connectivity index (χ4n) is 1.39. The van der Waals surface area contributed by atoms with Gasteiger partial charge in [-0.25, -0.2) is 0 Å². The first-order valence-corrected chi connectivity index (χ1v) is 5.06. The second-order valence-electron chi connectivity index (χ2n) is 3.93. The lowest BCUT2D eigenvalue weighted by Gasteiger charge is -2.13. The lowest BCUT2D eigenvalue weighted by atomic mass is 9.98. The van der Waals surface area contributed by atoms with Crippen molar-refractivity contribution in [3.8, 4) is 5.75 Å². The smallest absolute Gasteiger partial charge is 0.416 e. The Kier molecular flexibility index (Phi) is 3.80. The lowest BCUT2D eigenvalue weighted by Crippen LogP contribution is -2.12. The van der Waals surface area contributed by atoms with Crippen LogP contribution >= 0.6 is 0 Å². The maximum atomic E-state index is 12.5. The molecule has 0 saturated heterocycles. The van der Waals surface area contributed by atoms with Crippen LogP contribution in [-0.2, 0) is 6.18 Å². The number of carbonyl (C=O) groups is 1. The van der Waals surface area contributed by atoms with Crippen LogP contribution in [0.25, 0.3) is 0 Å². The molecule has 0 heterocycles. The zero-order chi connectivity index (χ0) is 13.2. The van der Waals surface area contributed by atoms with Gasteiger partial charge in [0.15, 0.2) is 5.78 Å². The largest absolute Gasteiger partial charge is 0.496 e. The van der Waals surface area contributed by atoms with Crippen LogP contribution in [0.4, 0.5) is 13.2 Å². The summed E-state index contributed by atoms with van der Waals surface area (Å²) < 4.78 is 42.4. The number of methoxy groups -OCH3 is 1. The van der Waals surface area contributed by atoms with Crippen LogP contribution in [0.3, 0.4) is 0 Å². The average molecular weight is 246 g/mol. The molecule has 0 aromatic heterocycles. The van der Waals surface area contributed by atoms with Crippen LogP contribution in [-0.4, -0.2) is 12.9 Å². The zero-order valence-corrected chi connectivity index (χ0v) is 9.76. The fraction of sp³-hybridized carbons (Fsp3) is 0.417. The number of carbonyl (C=O) groups excluding carboxylic acids is 1. The van der Waals surface area contributed by atoms with Crippen molar-refractivity contribution in [3.05, 3.63) is 29.3 Å². The second-order valence-corrected chi connectivity index (χ2v) is 3.93. The normalized spacial score (nSPS) is 11.7. The van der Waals surface area contributed by atoms with E-state index >= 15 is 0 Å². The highest BCUT2D eigenvalue weighted by Gasteiger charge is 2.32. The molecule has 0 bridgehead atoms. The number of ketones is 1. The average Bonchev–Trinajstić information content (AvgIpc) is 2.25. The van der Waals surface area contributed by atoms with Gasteiger partial charge in [0, 0.05) is 5.92 Å². The second kappa shape index (κ2) is 4.77. The van der Waals surface area contributed by atoms with Crippen LogP contribution in [0.15, 0.2) is 18.2 Å². The van der Waals surface area contributed by atoms with E-state index in [1.807, 2.05) is 0 Å². The zero-order valence-electron chi connectivity index (χ0n) is 9.76. The van der Waals surface area contributed by atoms with Crippen LogP contribution in [0.2, 0.25) is 0 Å². The Bertz CT molecular complexity index is 422. The number of halogens is 3. The van der Waals surface area contributed by atoms with Gasteiger partial charge in [0.25, 0.3) is 0 Å². The molecule has 0 aliphatic carbocycles. The van der Waals surface area contributed by atoms with Gasteiger partial charge in [0.2, 0.25) is 0 Å². The molecule has 0 radical (unpaired) electrons. The summed E-state index contributed by atoms with van der Waals surface area (Å²) in [5, 5.41) is 0. The minimum Gasteiger partial charge on any atom is -0.496 e. The molecule has 1 aromatic carbocycles. The summed E-state index contributed by atoms with van der Waals surface area (Å²) in [6, 6.07) is 2.90. The van der Waals surface area contributed by atoms with Crippen LogP contribution < -0.4 is 4.74 Å². The van der Waals surface area contributed by atoms with Gasteiger partial charge in [-0.2, -0.15) is 13.2 Å². The molecule has 1 rings (SSSR count). The molecule has 0 aliphatic heterocycles. The third kappa shape index (κ3) is 2.99. The van der Waals surface area contributed by atoms with E-state index < -0.39 is 11.7 Å². The van der Waals surface area contributed by atoms with Crippen molar-refractivity contribution in [1.82, 2.24) is 0 Å². The minimum atomic E-state index is -4.46. The summed E-state index contributed by atoms with van der Waals surface area (Å²) in [6.45, 7) is 3.25. The van der Waals surface area contributed by atoms with Gasteiger partial charge in [0.1, 0.15) is 5.75 Å². The standard InChI is InChI=1S/C12H13F3O2/c1-7(2)11(16)9-6-8(12(13,14)15)4-5-10(9)17-3/h4-7H,1-3H3. The van der Waals surface area contributed by atoms with Gasteiger partial charge in [0.05, 0.1) is 18.2 Å². The van der Waals surface area contributed by atoms with Gasteiger partial charge in [-0.05, 0) is 18.2 Å². The first-order chi connectivity index (χ1) is 7.77. The Morgan fingerprint density at radius 3 is 2.29 bits per heavy atom. The summed E-state index contributed by atoms with van der Waals surface area (Å²) in [5.74, 6) is -0.586. The molecule has 94 valence electrons. The van der Waals surface area contributed by atoms with Gasteiger partial charge < -0.3 is 4.74 Å². The Hall–Kier alpha value is -1.52. The highest BCUT2D eigenvalue weighted by Crippen LogP contribution is 2.33. The first-order valence-electron chi connectivity index (χ1n) is 5.06. The molecule has 0 aliphatic rings. The predicted octanol–water partition coefficient (Wildman–Crippen LogP) is 3.55. The maximum absolute atomic E-state index is 12.5. The van der Waals surface area contributed by atoms with E-state index in [2.05, 4.69) is 0 Å². The lowest BCUT2D eigenvalue weighted by molar-refractivity contribution is -0.137. The molecule has 0 N–H and O–H groups in total. The topological polar surface area (TPSA) is 26.3 Å². The Labute approximate surface area is 97.4 Å². The van der Waals surface area contributed by atoms with Crippen LogP contribution in [0.5, 0.6) is 5.75 Å². The van der Waals surface area contributed by atoms with Gasteiger partial charge in [-0.3, -0.25) is 4.79 Å². The van der Waals surface area contributed by atoms with E-state index in [9.17, 15) is 18.0 Å². The summed E-state index contributed by atoms with van der Waals surface area (Å²) in [5.41, 5.74) is -0.875. The SMILES string of the molecule is COc1ccc(C(F)(F)F)cc1C(=O)C(C)C. The summed E-state index contributed by atoms with van der Waals surface area (Å²) in [4.78, 5) is 11.8. The van der Waals surface area contributed by atoms with Gasteiger partial charge in [-0.15, -0.1) is 0 Å². The van der Waals surface area contributed by atoms with Gasteiger partial charge >= 0.3 is 6.18 Å². The third-order valence-corrected chi connectivity index (χ3v) is 2.32. The number of benzene rings is 1. The quantitative estimate of drug-likeness (QED) is 0.762. The molecule has 1 aromatic rings. The van der Waals surface area contributed by atoms with E-state index in [-0.39, 0.29) is 23.0 Å². The Morgan fingerprint density at radius 1 is 1.29 bits per heavy atom. The summed E-state index contributed by atoms with van der Waals surface area (Å²) in [6.07, 6.45) is -4.46.